The number of carbonyl (C=O) groups excluding carboxylic acids is 1. The molecule has 1 heterocycles. The highest BCUT2D eigenvalue weighted by Crippen LogP contribution is 2.38. The largest absolute Gasteiger partial charge is 0.482 e. The third kappa shape index (κ3) is 1.95. The summed E-state index contributed by atoms with van der Waals surface area (Å²) in [5.41, 5.74) is 0.919. The van der Waals surface area contributed by atoms with E-state index in [1.54, 1.807) is 0 Å². The van der Waals surface area contributed by atoms with Gasteiger partial charge in [-0.1, -0.05) is 28.8 Å². The van der Waals surface area contributed by atoms with Crippen molar-refractivity contribution in [2.24, 2.45) is 0 Å². The van der Waals surface area contributed by atoms with Gasteiger partial charge in [-0.25, -0.2) is 0 Å². The normalized spacial score (nSPS) is 20.3. The van der Waals surface area contributed by atoms with Crippen LogP contribution in [0.4, 0.5) is 5.69 Å². The minimum atomic E-state index is 0.0856. The van der Waals surface area contributed by atoms with Crippen molar-refractivity contribution in [2.45, 2.75) is 31.7 Å². The van der Waals surface area contributed by atoms with Gasteiger partial charge in [0, 0.05) is 10.5 Å². The fourth-order valence-electron chi connectivity index (χ4n) is 2.71. The highest BCUT2D eigenvalue weighted by Gasteiger charge is 2.33. The lowest BCUT2D eigenvalue weighted by Gasteiger charge is -2.34. The Morgan fingerprint density at radius 1 is 1.29 bits per heavy atom. The van der Waals surface area contributed by atoms with Gasteiger partial charge in [0.05, 0.1) is 5.69 Å². The lowest BCUT2D eigenvalue weighted by Crippen LogP contribution is -2.44. The zero-order chi connectivity index (χ0) is 11.8. The second-order valence-corrected chi connectivity index (χ2v) is 5.52. The summed E-state index contributed by atoms with van der Waals surface area (Å²) in [4.78, 5) is 14.0. The number of benzene rings is 1. The van der Waals surface area contributed by atoms with Gasteiger partial charge in [0.15, 0.2) is 6.61 Å². The Bertz CT molecular complexity index is 455. The van der Waals surface area contributed by atoms with Gasteiger partial charge in [0.25, 0.3) is 5.91 Å². The molecule has 1 fully saturated rings. The number of fused-ring (bicyclic) bond motifs is 1. The quantitative estimate of drug-likeness (QED) is 0.797. The molecule has 90 valence electrons. The van der Waals surface area contributed by atoms with Crippen LogP contribution >= 0.6 is 15.9 Å². The zero-order valence-corrected chi connectivity index (χ0v) is 11.1. The summed E-state index contributed by atoms with van der Waals surface area (Å²) in [5, 5.41) is 0. The van der Waals surface area contributed by atoms with E-state index in [1.165, 1.54) is 12.8 Å². The summed E-state index contributed by atoms with van der Waals surface area (Å²) >= 11 is 3.45. The molecule has 1 saturated carbocycles. The minimum absolute atomic E-state index is 0.0856. The first kappa shape index (κ1) is 11.1. The number of rotatable bonds is 1. The van der Waals surface area contributed by atoms with Gasteiger partial charge in [0.1, 0.15) is 5.75 Å². The van der Waals surface area contributed by atoms with Crippen molar-refractivity contribution < 1.29 is 9.53 Å². The van der Waals surface area contributed by atoms with E-state index in [0.29, 0.717) is 6.04 Å². The number of hydrogen-bond donors (Lipinski definition) is 0. The van der Waals surface area contributed by atoms with E-state index in [0.717, 1.165) is 28.8 Å². The molecule has 17 heavy (non-hydrogen) atoms. The molecule has 1 aliphatic heterocycles. The van der Waals surface area contributed by atoms with Crippen LogP contribution in [-0.2, 0) is 4.79 Å². The number of nitrogens with zero attached hydrogens (tertiary/aromatic N) is 1. The van der Waals surface area contributed by atoms with E-state index in [-0.39, 0.29) is 12.5 Å². The summed E-state index contributed by atoms with van der Waals surface area (Å²) in [7, 11) is 0. The molecule has 1 amide bonds. The number of hydrogen-bond acceptors (Lipinski definition) is 2. The molecule has 0 bridgehead atoms. The molecule has 1 aromatic rings. The molecular weight excluding hydrogens is 282 g/mol. The maximum absolute atomic E-state index is 12.0. The summed E-state index contributed by atoms with van der Waals surface area (Å²) in [6.07, 6.45) is 4.66. The molecule has 1 aliphatic carbocycles. The third-order valence-electron chi connectivity index (χ3n) is 3.49. The number of amides is 1. The molecule has 4 heteroatoms. The van der Waals surface area contributed by atoms with E-state index < -0.39 is 0 Å². The smallest absolute Gasteiger partial charge is 0.265 e. The fourth-order valence-corrected chi connectivity index (χ4v) is 3.06. The van der Waals surface area contributed by atoms with Crippen LogP contribution in [0.5, 0.6) is 5.75 Å². The van der Waals surface area contributed by atoms with Crippen molar-refractivity contribution in [1.82, 2.24) is 0 Å². The number of ether oxygens (including phenoxy) is 1. The van der Waals surface area contributed by atoms with Crippen LogP contribution in [0.15, 0.2) is 22.7 Å². The van der Waals surface area contributed by atoms with Crippen LogP contribution in [0.1, 0.15) is 25.7 Å². The van der Waals surface area contributed by atoms with Crippen molar-refractivity contribution in [1.29, 1.82) is 0 Å². The number of halogens is 1. The van der Waals surface area contributed by atoms with Crippen LogP contribution in [-0.4, -0.2) is 18.6 Å². The first-order chi connectivity index (χ1) is 8.25. The monoisotopic (exact) mass is 295 g/mol. The predicted molar refractivity (Wildman–Crippen MR) is 69.4 cm³/mol. The highest BCUT2D eigenvalue weighted by atomic mass is 79.9. The average molecular weight is 296 g/mol. The number of anilines is 1. The molecule has 1 aromatic carbocycles. The second-order valence-electron chi connectivity index (χ2n) is 4.60. The van der Waals surface area contributed by atoms with E-state index in [9.17, 15) is 4.79 Å². The van der Waals surface area contributed by atoms with Gasteiger partial charge in [-0.05, 0) is 31.0 Å². The summed E-state index contributed by atoms with van der Waals surface area (Å²) in [6.45, 7) is 0.172. The van der Waals surface area contributed by atoms with Crippen molar-refractivity contribution in [3.63, 3.8) is 0 Å². The Hall–Kier alpha value is -1.03. The standard InChI is InChI=1S/C13H14BrNO2/c14-9-5-6-12-11(7-9)15(13(16)8-17-12)10-3-1-2-4-10/h5-7,10H,1-4,8H2. The van der Waals surface area contributed by atoms with Crippen molar-refractivity contribution in [3.8, 4) is 5.75 Å². The Morgan fingerprint density at radius 2 is 2.06 bits per heavy atom. The predicted octanol–water partition coefficient (Wildman–Crippen LogP) is 3.12. The summed E-state index contributed by atoms with van der Waals surface area (Å²) in [5.74, 6) is 0.905. The van der Waals surface area contributed by atoms with Crippen molar-refractivity contribution in [2.75, 3.05) is 11.5 Å². The highest BCUT2D eigenvalue weighted by molar-refractivity contribution is 9.10. The van der Waals surface area contributed by atoms with E-state index in [2.05, 4.69) is 15.9 Å². The molecule has 2 aliphatic rings. The van der Waals surface area contributed by atoms with Gasteiger partial charge < -0.3 is 9.64 Å². The first-order valence-electron chi connectivity index (χ1n) is 6.00. The molecule has 0 unspecified atom stereocenters. The van der Waals surface area contributed by atoms with Crippen LogP contribution < -0.4 is 9.64 Å². The van der Waals surface area contributed by atoms with Gasteiger partial charge in [-0.15, -0.1) is 0 Å². The van der Waals surface area contributed by atoms with Crippen molar-refractivity contribution >= 4 is 27.5 Å². The summed E-state index contributed by atoms with van der Waals surface area (Å²) in [6, 6.07) is 6.21. The molecule has 0 saturated heterocycles. The Labute approximate surface area is 109 Å². The number of carbonyl (C=O) groups is 1. The molecule has 0 aromatic heterocycles. The summed E-state index contributed by atoms with van der Waals surface area (Å²) < 4.78 is 6.45. The van der Waals surface area contributed by atoms with Crippen molar-refractivity contribution in [3.05, 3.63) is 22.7 Å². The zero-order valence-electron chi connectivity index (χ0n) is 9.49. The lowest BCUT2D eigenvalue weighted by molar-refractivity contribution is -0.121. The first-order valence-corrected chi connectivity index (χ1v) is 6.79. The van der Waals surface area contributed by atoms with E-state index >= 15 is 0 Å². The van der Waals surface area contributed by atoms with Crippen LogP contribution in [0.3, 0.4) is 0 Å². The fraction of sp³-hybridized carbons (Fsp3) is 0.462. The Balaban J connectivity index is 2.02. The van der Waals surface area contributed by atoms with Gasteiger partial charge in [0.2, 0.25) is 0 Å². The van der Waals surface area contributed by atoms with E-state index in [4.69, 9.17) is 4.74 Å². The molecule has 0 N–H and O–H groups in total. The van der Waals surface area contributed by atoms with Gasteiger partial charge in [-0.2, -0.15) is 0 Å². The maximum atomic E-state index is 12.0. The minimum Gasteiger partial charge on any atom is -0.482 e. The maximum Gasteiger partial charge on any atom is 0.265 e. The SMILES string of the molecule is O=C1COc2ccc(Br)cc2N1C1CCCC1. The third-order valence-corrected chi connectivity index (χ3v) is 3.98. The molecule has 0 atom stereocenters. The van der Waals surface area contributed by atoms with Crippen LogP contribution in [0.2, 0.25) is 0 Å². The Kier molecular flexibility index (Phi) is 2.82. The van der Waals surface area contributed by atoms with E-state index in [1.807, 2.05) is 23.1 Å². The molecule has 0 radical (unpaired) electrons. The topological polar surface area (TPSA) is 29.5 Å². The molecule has 3 nitrogen and oxygen atoms in total. The van der Waals surface area contributed by atoms with Gasteiger partial charge in [-0.3, -0.25) is 4.79 Å². The molecular formula is C13H14BrNO2. The van der Waals surface area contributed by atoms with Crippen LogP contribution in [0, 0.1) is 0 Å². The van der Waals surface area contributed by atoms with Gasteiger partial charge >= 0.3 is 0 Å². The second kappa shape index (κ2) is 4.33. The molecule has 0 spiro atoms. The Morgan fingerprint density at radius 3 is 2.82 bits per heavy atom. The van der Waals surface area contributed by atoms with Crippen LogP contribution in [0.25, 0.3) is 0 Å². The molecule has 3 rings (SSSR count). The lowest BCUT2D eigenvalue weighted by atomic mass is 10.1. The average Bonchev–Trinajstić information content (AvgIpc) is 2.82.